The summed E-state index contributed by atoms with van der Waals surface area (Å²) >= 11 is 1.63. The zero-order chi connectivity index (χ0) is 14.8. The Bertz CT molecular complexity index is 493. The lowest BCUT2D eigenvalue weighted by molar-refractivity contribution is -0.131. The van der Waals surface area contributed by atoms with E-state index >= 15 is 0 Å². The molecule has 0 aromatic heterocycles. The number of benzene rings is 1. The largest absolute Gasteiger partial charge is 0.341 e. The molecule has 2 rings (SSSR count). The van der Waals surface area contributed by atoms with Crippen LogP contribution in [0.25, 0.3) is 0 Å². The predicted octanol–water partition coefficient (Wildman–Crippen LogP) is 3.09. The fraction of sp³-hybridized carbons (Fsp3) is 0.562. The van der Waals surface area contributed by atoms with E-state index in [4.69, 9.17) is 5.73 Å². The van der Waals surface area contributed by atoms with Crippen LogP contribution in [-0.2, 0) is 4.79 Å². The zero-order valence-electron chi connectivity index (χ0n) is 13.0. The Morgan fingerprint density at radius 2 is 2.10 bits per heavy atom. The summed E-state index contributed by atoms with van der Waals surface area (Å²) in [7, 11) is 0. The maximum atomic E-state index is 12.3. The fourth-order valence-electron chi connectivity index (χ4n) is 2.54. The van der Waals surface area contributed by atoms with Gasteiger partial charge in [-0.05, 0) is 30.4 Å². The molecular formula is C16H25ClN2OS. The van der Waals surface area contributed by atoms with E-state index in [1.54, 1.807) is 11.8 Å². The first kappa shape index (κ1) is 18.3. The van der Waals surface area contributed by atoms with Gasteiger partial charge in [-0.15, -0.1) is 24.2 Å². The second kappa shape index (κ2) is 7.52. The summed E-state index contributed by atoms with van der Waals surface area (Å²) in [6.45, 7) is 7.92. The third kappa shape index (κ3) is 4.63. The van der Waals surface area contributed by atoms with Crippen molar-refractivity contribution in [1.29, 1.82) is 0 Å². The van der Waals surface area contributed by atoms with Gasteiger partial charge in [-0.3, -0.25) is 4.79 Å². The number of halogens is 1. The Morgan fingerprint density at radius 3 is 2.71 bits per heavy atom. The zero-order valence-corrected chi connectivity index (χ0v) is 14.6. The number of nitrogens with two attached hydrogens (primary N) is 1. The summed E-state index contributed by atoms with van der Waals surface area (Å²) in [5.41, 5.74) is 7.36. The van der Waals surface area contributed by atoms with E-state index in [1.807, 2.05) is 17.0 Å². The SMILES string of the molecule is Cc1ccccc1SCC(=O)N1CCC(N)C(C)(C)C1.Cl. The number of likely N-dealkylation sites (tertiary alicyclic amines) is 1. The maximum Gasteiger partial charge on any atom is 0.232 e. The first-order chi connectivity index (χ1) is 9.40. The van der Waals surface area contributed by atoms with Crippen molar-refractivity contribution in [1.82, 2.24) is 4.90 Å². The molecule has 1 amide bonds. The van der Waals surface area contributed by atoms with E-state index in [0.29, 0.717) is 5.75 Å². The molecule has 0 radical (unpaired) electrons. The highest BCUT2D eigenvalue weighted by atomic mass is 35.5. The van der Waals surface area contributed by atoms with Gasteiger partial charge in [0, 0.05) is 24.0 Å². The number of rotatable bonds is 3. The van der Waals surface area contributed by atoms with Gasteiger partial charge < -0.3 is 10.6 Å². The lowest BCUT2D eigenvalue weighted by Gasteiger charge is -2.42. The summed E-state index contributed by atoms with van der Waals surface area (Å²) in [4.78, 5) is 15.5. The molecule has 0 spiro atoms. The highest BCUT2D eigenvalue weighted by molar-refractivity contribution is 8.00. The van der Waals surface area contributed by atoms with Gasteiger partial charge in [0.15, 0.2) is 0 Å². The molecule has 118 valence electrons. The molecule has 1 heterocycles. The number of aryl methyl sites for hydroxylation is 1. The molecule has 0 bridgehead atoms. The third-order valence-corrected chi connectivity index (χ3v) is 5.27. The number of thioether (sulfide) groups is 1. The predicted molar refractivity (Wildman–Crippen MR) is 92.1 cm³/mol. The van der Waals surface area contributed by atoms with Crippen molar-refractivity contribution < 1.29 is 4.79 Å². The van der Waals surface area contributed by atoms with E-state index in [2.05, 4.69) is 32.9 Å². The van der Waals surface area contributed by atoms with Crippen LogP contribution in [0.5, 0.6) is 0 Å². The minimum Gasteiger partial charge on any atom is -0.341 e. The molecule has 3 nitrogen and oxygen atoms in total. The minimum absolute atomic E-state index is 0. The Hall–Kier alpha value is -0.710. The third-order valence-electron chi connectivity index (χ3n) is 4.11. The summed E-state index contributed by atoms with van der Waals surface area (Å²) in [6.07, 6.45) is 0.897. The Labute approximate surface area is 138 Å². The summed E-state index contributed by atoms with van der Waals surface area (Å²) < 4.78 is 0. The van der Waals surface area contributed by atoms with Gasteiger partial charge in [-0.2, -0.15) is 0 Å². The molecule has 2 N–H and O–H groups in total. The van der Waals surface area contributed by atoms with Crippen LogP contribution in [-0.4, -0.2) is 35.7 Å². The quantitative estimate of drug-likeness (QED) is 0.867. The molecule has 1 atom stereocenters. The molecular weight excluding hydrogens is 304 g/mol. The van der Waals surface area contributed by atoms with Crippen molar-refractivity contribution in [3.8, 4) is 0 Å². The fourth-order valence-corrected chi connectivity index (χ4v) is 3.47. The summed E-state index contributed by atoms with van der Waals surface area (Å²) in [6, 6.07) is 8.38. The van der Waals surface area contributed by atoms with Crippen LogP contribution in [0.15, 0.2) is 29.2 Å². The molecule has 5 heteroatoms. The number of amides is 1. The average molecular weight is 329 g/mol. The van der Waals surface area contributed by atoms with Crippen molar-refractivity contribution >= 4 is 30.1 Å². The molecule has 1 aliphatic heterocycles. The van der Waals surface area contributed by atoms with E-state index in [-0.39, 0.29) is 29.8 Å². The van der Waals surface area contributed by atoms with Crippen LogP contribution in [0.1, 0.15) is 25.8 Å². The first-order valence-electron chi connectivity index (χ1n) is 7.12. The number of nitrogens with zero attached hydrogens (tertiary/aromatic N) is 1. The molecule has 1 fully saturated rings. The molecule has 1 saturated heterocycles. The maximum absolute atomic E-state index is 12.3. The number of piperidine rings is 1. The van der Waals surface area contributed by atoms with Crippen molar-refractivity contribution in [2.24, 2.45) is 11.1 Å². The van der Waals surface area contributed by atoms with Crippen molar-refractivity contribution in [2.45, 2.75) is 38.1 Å². The second-order valence-corrected chi connectivity index (χ2v) is 7.27. The van der Waals surface area contributed by atoms with Gasteiger partial charge in [0.25, 0.3) is 0 Å². The number of hydrogen-bond acceptors (Lipinski definition) is 3. The number of carbonyl (C=O) groups excluding carboxylic acids is 1. The molecule has 0 aliphatic carbocycles. The van der Waals surface area contributed by atoms with E-state index < -0.39 is 0 Å². The lowest BCUT2D eigenvalue weighted by atomic mass is 9.80. The molecule has 1 aliphatic rings. The smallest absolute Gasteiger partial charge is 0.232 e. The minimum atomic E-state index is 0. The van der Waals surface area contributed by atoms with Crippen LogP contribution >= 0.6 is 24.2 Å². The van der Waals surface area contributed by atoms with Gasteiger partial charge in [0.2, 0.25) is 5.91 Å². The Balaban J connectivity index is 0.00000220. The number of hydrogen-bond donors (Lipinski definition) is 1. The molecule has 1 aromatic rings. The van der Waals surface area contributed by atoms with E-state index in [9.17, 15) is 4.79 Å². The van der Waals surface area contributed by atoms with Gasteiger partial charge in [0.05, 0.1) is 5.75 Å². The van der Waals surface area contributed by atoms with E-state index in [1.165, 1.54) is 10.5 Å². The summed E-state index contributed by atoms with van der Waals surface area (Å²) in [5.74, 6) is 0.731. The number of carbonyl (C=O) groups is 1. The topological polar surface area (TPSA) is 46.3 Å². The molecule has 21 heavy (non-hydrogen) atoms. The van der Waals surface area contributed by atoms with Crippen molar-refractivity contribution in [3.63, 3.8) is 0 Å². The standard InChI is InChI=1S/C16H24N2OS.ClH/c1-12-6-4-5-7-13(12)20-10-15(19)18-9-8-14(17)16(2,3)11-18;/h4-7,14H,8-11,17H2,1-3H3;1H. The monoisotopic (exact) mass is 328 g/mol. The summed E-state index contributed by atoms with van der Waals surface area (Å²) in [5, 5.41) is 0. The van der Waals surface area contributed by atoms with Crippen LogP contribution in [0.4, 0.5) is 0 Å². The Kier molecular flexibility index (Phi) is 6.57. The van der Waals surface area contributed by atoms with Crippen LogP contribution in [0.3, 0.4) is 0 Å². The molecule has 0 saturated carbocycles. The first-order valence-corrected chi connectivity index (χ1v) is 8.10. The van der Waals surface area contributed by atoms with Crippen LogP contribution in [0, 0.1) is 12.3 Å². The average Bonchev–Trinajstić information content (AvgIpc) is 2.40. The van der Waals surface area contributed by atoms with Crippen LogP contribution in [0.2, 0.25) is 0 Å². The highest BCUT2D eigenvalue weighted by Crippen LogP contribution is 2.29. The normalized spacial score (nSPS) is 20.8. The van der Waals surface area contributed by atoms with Gasteiger partial charge in [0.1, 0.15) is 0 Å². The van der Waals surface area contributed by atoms with Gasteiger partial charge in [-0.1, -0.05) is 32.0 Å². The Morgan fingerprint density at radius 1 is 1.43 bits per heavy atom. The van der Waals surface area contributed by atoms with Gasteiger partial charge in [-0.25, -0.2) is 0 Å². The molecule has 1 aromatic carbocycles. The van der Waals surface area contributed by atoms with Crippen molar-refractivity contribution in [3.05, 3.63) is 29.8 Å². The molecule has 1 unspecified atom stereocenters. The lowest BCUT2D eigenvalue weighted by Crippen LogP contribution is -2.54. The van der Waals surface area contributed by atoms with Crippen LogP contribution < -0.4 is 5.73 Å². The second-order valence-electron chi connectivity index (χ2n) is 6.25. The highest BCUT2D eigenvalue weighted by Gasteiger charge is 2.35. The van der Waals surface area contributed by atoms with Gasteiger partial charge >= 0.3 is 0 Å². The van der Waals surface area contributed by atoms with Crippen molar-refractivity contribution in [2.75, 3.05) is 18.8 Å². The van der Waals surface area contributed by atoms with E-state index in [0.717, 1.165) is 19.5 Å².